The van der Waals surface area contributed by atoms with Crippen LogP contribution < -0.4 is 15.2 Å². The van der Waals surface area contributed by atoms with Gasteiger partial charge in [0, 0.05) is 0 Å². The van der Waals surface area contributed by atoms with E-state index in [-0.39, 0.29) is 6.79 Å². The second-order valence-electron chi connectivity index (χ2n) is 3.56. The van der Waals surface area contributed by atoms with Crippen molar-refractivity contribution in [3.63, 3.8) is 0 Å². The SMILES string of the molecule is COC(=O)C(N)c1cc2c(cc1C)OCO2. The highest BCUT2D eigenvalue weighted by molar-refractivity contribution is 5.78. The second kappa shape index (κ2) is 4.02. The van der Waals surface area contributed by atoms with Gasteiger partial charge in [0.2, 0.25) is 6.79 Å². The molecule has 1 aliphatic rings. The third-order valence-electron chi connectivity index (χ3n) is 2.55. The molecule has 0 bridgehead atoms. The summed E-state index contributed by atoms with van der Waals surface area (Å²) in [5.41, 5.74) is 7.34. The zero-order valence-corrected chi connectivity index (χ0v) is 9.15. The number of hydrogen-bond acceptors (Lipinski definition) is 5. The monoisotopic (exact) mass is 223 g/mol. The highest BCUT2D eigenvalue weighted by atomic mass is 16.7. The summed E-state index contributed by atoms with van der Waals surface area (Å²) in [6.07, 6.45) is 0. The van der Waals surface area contributed by atoms with E-state index in [4.69, 9.17) is 15.2 Å². The van der Waals surface area contributed by atoms with Crippen LogP contribution in [0.15, 0.2) is 12.1 Å². The average molecular weight is 223 g/mol. The van der Waals surface area contributed by atoms with Gasteiger partial charge in [0.25, 0.3) is 0 Å². The molecule has 1 heterocycles. The highest BCUT2D eigenvalue weighted by Gasteiger charge is 2.23. The van der Waals surface area contributed by atoms with Crippen molar-refractivity contribution in [2.75, 3.05) is 13.9 Å². The van der Waals surface area contributed by atoms with Crippen LogP contribution in [-0.4, -0.2) is 19.9 Å². The Bertz CT molecular complexity index is 430. The van der Waals surface area contributed by atoms with Gasteiger partial charge in [-0.15, -0.1) is 0 Å². The van der Waals surface area contributed by atoms with Crippen LogP contribution in [0.5, 0.6) is 11.5 Å². The minimum atomic E-state index is -0.792. The molecule has 1 aromatic rings. The maximum atomic E-state index is 11.3. The summed E-state index contributed by atoms with van der Waals surface area (Å²) in [6, 6.07) is 2.74. The summed E-state index contributed by atoms with van der Waals surface area (Å²) in [7, 11) is 1.31. The molecule has 86 valence electrons. The number of benzene rings is 1. The van der Waals surface area contributed by atoms with Gasteiger partial charge >= 0.3 is 5.97 Å². The molecule has 0 saturated carbocycles. The van der Waals surface area contributed by atoms with Crippen LogP contribution >= 0.6 is 0 Å². The Morgan fingerprint density at radius 2 is 2.06 bits per heavy atom. The Kier molecular flexibility index (Phi) is 2.70. The van der Waals surface area contributed by atoms with E-state index in [1.165, 1.54) is 7.11 Å². The lowest BCUT2D eigenvalue weighted by Crippen LogP contribution is -2.23. The first-order chi connectivity index (χ1) is 7.63. The first kappa shape index (κ1) is 10.8. The van der Waals surface area contributed by atoms with E-state index in [0.717, 1.165) is 5.56 Å². The van der Waals surface area contributed by atoms with Gasteiger partial charge in [-0.2, -0.15) is 0 Å². The maximum absolute atomic E-state index is 11.3. The molecule has 0 aromatic heterocycles. The summed E-state index contributed by atoms with van der Waals surface area (Å²) in [5, 5.41) is 0. The van der Waals surface area contributed by atoms with Gasteiger partial charge in [-0.1, -0.05) is 0 Å². The number of methoxy groups -OCH3 is 1. The van der Waals surface area contributed by atoms with E-state index in [1.807, 2.05) is 6.92 Å². The fourth-order valence-corrected chi connectivity index (χ4v) is 1.65. The predicted octanol–water partition coefficient (Wildman–Crippen LogP) is 0.897. The van der Waals surface area contributed by atoms with Crippen molar-refractivity contribution in [1.29, 1.82) is 0 Å². The smallest absolute Gasteiger partial charge is 0.327 e. The third kappa shape index (κ3) is 1.69. The number of hydrogen-bond donors (Lipinski definition) is 1. The maximum Gasteiger partial charge on any atom is 0.327 e. The molecule has 1 aliphatic heterocycles. The van der Waals surface area contributed by atoms with Gasteiger partial charge < -0.3 is 19.9 Å². The molecule has 0 saturated heterocycles. The highest BCUT2D eigenvalue weighted by Crippen LogP contribution is 2.36. The number of esters is 1. The normalized spacial score (nSPS) is 14.7. The molecule has 1 unspecified atom stereocenters. The molecule has 1 atom stereocenters. The summed E-state index contributed by atoms with van der Waals surface area (Å²) in [6.45, 7) is 2.06. The van der Waals surface area contributed by atoms with E-state index in [1.54, 1.807) is 12.1 Å². The van der Waals surface area contributed by atoms with Gasteiger partial charge in [0.1, 0.15) is 6.04 Å². The van der Waals surface area contributed by atoms with Crippen LogP contribution in [0, 0.1) is 6.92 Å². The molecule has 5 nitrogen and oxygen atoms in total. The zero-order valence-electron chi connectivity index (χ0n) is 9.15. The van der Waals surface area contributed by atoms with Crippen molar-refractivity contribution in [1.82, 2.24) is 0 Å². The molecular formula is C11H13NO4. The van der Waals surface area contributed by atoms with Crippen LogP contribution in [0.1, 0.15) is 17.2 Å². The fourth-order valence-electron chi connectivity index (χ4n) is 1.65. The van der Waals surface area contributed by atoms with E-state index in [9.17, 15) is 4.79 Å². The molecular weight excluding hydrogens is 210 g/mol. The largest absolute Gasteiger partial charge is 0.468 e. The van der Waals surface area contributed by atoms with Crippen molar-refractivity contribution in [3.05, 3.63) is 23.3 Å². The van der Waals surface area contributed by atoms with E-state index in [0.29, 0.717) is 17.1 Å². The second-order valence-corrected chi connectivity index (χ2v) is 3.56. The molecule has 2 rings (SSSR count). The summed E-state index contributed by atoms with van der Waals surface area (Å²) in [4.78, 5) is 11.3. The fraction of sp³-hybridized carbons (Fsp3) is 0.364. The van der Waals surface area contributed by atoms with Gasteiger partial charge in [0.15, 0.2) is 11.5 Å². The summed E-state index contributed by atoms with van der Waals surface area (Å²) >= 11 is 0. The Morgan fingerprint density at radius 3 is 2.69 bits per heavy atom. The van der Waals surface area contributed by atoms with E-state index < -0.39 is 12.0 Å². The first-order valence-electron chi connectivity index (χ1n) is 4.87. The number of carbonyl (C=O) groups is 1. The van der Waals surface area contributed by atoms with Crippen LogP contribution in [0.25, 0.3) is 0 Å². The van der Waals surface area contributed by atoms with Crippen LogP contribution in [0.3, 0.4) is 0 Å². The van der Waals surface area contributed by atoms with Gasteiger partial charge in [0.05, 0.1) is 7.11 Å². The molecule has 5 heteroatoms. The Balaban J connectivity index is 2.38. The first-order valence-corrected chi connectivity index (χ1v) is 4.87. The molecule has 0 spiro atoms. The van der Waals surface area contributed by atoms with Crippen LogP contribution in [0.2, 0.25) is 0 Å². The molecule has 16 heavy (non-hydrogen) atoms. The number of ether oxygens (including phenoxy) is 3. The topological polar surface area (TPSA) is 70.8 Å². The molecule has 0 aliphatic carbocycles. The van der Waals surface area contributed by atoms with Gasteiger partial charge in [-0.25, -0.2) is 0 Å². The minimum absolute atomic E-state index is 0.200. The zero-order chi connectivity index (χ0) is 11.7. The average Bonchev–Trinajstić information content (AvgIpc) is 2.72. The summed E-state index contributed by atoms with van der Waals surface area (Å²) < 4.78 is 15.1. The van der Waals surface area contributed by atoms with E-state index in [2.05, 4.69) is 4.74 Å². The third-order valence-corrected chi connectivity index (χ3v) is 2.55. The quantitative estimate of drug-likeness (QED) is 0.754. The van der Waals surface area contributed by atoms with Crippen molar-refractivity contribution < 1.29 is 19.0 Å². The van der Waals surface area contributed by atoms with Crippen molar-refractivity contribution in [3.8, 4) is 11.5 Å². The molecule has 0 amide bonds. The molecule has 0 fully saturated rings. The van der Waals surface area contributed by atoms with Gasteiger partial charge in [-0.05, 0) is 30.2 Å². The van der Waals surface area contributed by atoms with Crippen LogP contribution in [-0.2, 0) is 9.53 Å². The Morgan fingerprint density at radius 1 is 1.44 bits per heavy atom. The van der Waals surface area contributed by atoms with Crippen molar-refractivity contribution in [2.45, 2.75) is 13.0 Å². The lowest BCUT2D eigenvalue weighted by molar-refractivity contribution is -0.142. The number of carbonyl (C=O) groups excluding carboxylic acids is 1. The van der Waals surface area contributed by atoms with Crippen LogP contribution in [0.4, 0.5) is 0 Å². The minimum Gasteiger partial charge on any atom is -0.468 e. The number of aryl methyl sites for hydroxylation is 1. The number of rotatable bonds is 2. The van der Waals surface area contributed by atoms with Gasteiger partial charge in [-0.3, -0.25) is 4.79 Å². The number of fused-ring (bicyclic) bond motifs is 1. The molecule has 1 aromatic carbocycles. The summed E-state index contributed by atoms with van der Waals surface area (Å²) in [5.74, 6) is 0.820. The van der Waals surface area contributed by atoms with E-state index >= 15 is 0 Å². The Labute approximate surface area is 93.1 Å². The Hall–Kier alpha value is -1.75. The van der Waals surface area contributed by atoms with Crippen molar-refractivity contribution in [2.24, 2.45) is 5.73 Å². The molecule has 2 N–H and O–H groups in total. The molecule has 0 radical (unpaired) electrons. The lowest BCUT2D eigenvalue weighted by atomic mass is 10.0. The lowest BCUT2D eigenvalue weighted by Gasteiger charge is -2.13. The predicted molar refractivity (Wildman–Crippen MR) is 56.2 cm³/mol. The number of nitrogens with two attached hydrogens (primary N) is 1. The van der Waals surface area contributed by atoms with Crippen molar-refractivity contribution >= 4 is 5.97 Å². The standard InChI is InChI=1S/C11H13NO4/c1-6-3-8-9(16-5-15-8)4-7(6)10(12)11(13)14-2/h3-4,10H,5,12H2,1-2H3.